The zero-order chi connectivity index (χ0) is 18.5. The van der Waals surface area contributed by atoms with E-state index >= 15 is 0 Å². The Morgan fingerprint density at radius 2 is 1.69 bits per heavy atom. The Balaban J connectivity index is 1.82. The average Bonchev–Trinajstić information content (AvgIpc) is 3.15. The van der Waals surface area contributed by atoms with Crippen molar-refractivity contribution in [1.29, 1.82) is 0 Å². The molecule has 0 fully saturated rings. The third-order valence-electron chi connectivity index (χ3n) is 4.46. The van der Waals surface area contributed by atoms with Gasteiger partial charge in [-0.05, 0) is 49.2 Å². The van der Waals surface area contributed by atoms with Crippen LogP contribution >= 0.6 is 0 Å². The summed E-state index contributed by atoms with van der Waals surface area (Å²) in [7, 11) is 1.61. The molecule has 0 bridgehead atoms. The summed E-state index contributed by atoms with van der Waals surface area (Å²) >= 11 is 0. The molecule has 26 heavy (non-hydrogen) atoms. The van der Waals surface area contributed by atoms with Gasteiger partial charge in [0.2, 0.25) is 5.91 Å². The van der Waals surface area contributed by atoms with Gasteiger partial charge in [-0.2, -0.15) is 0 Å². The van der Waals surface area contributed by atoms with Crippen molar-refractivity contribution >= 4 is 11.6 Å². The van der Waals surface area contributed by atoms with Crippen molar-refractivity contribution in [2.45, 2.75) is 26.3 Å². The van der Waals surface area contributed by atoms with Crippen molar-refractivity contribution in [1.82, 2.24) is 4.57 Å². The van der Waals surface area contributed by atoms with Gasteiger partial charge in [0.1, 0.15) is 5.75 Å². The van der Waals surface area contributed by atoms with Crippen LogP contribution in [-0.2, 0) is 4.79 Å². The first-order valence-electron chi connectivity index (χ1n) is 8.70. The van der Waals surface area contributed by atoms with Gasteiger partial charge in [0.15, 0.2) is 0 Å². The van der Waals surface area contributed by atoms with Crippen LogP contribution in [0.2, 0.25) is 0 Å². The summed E-state index contributed by atoms with van der Waals surface area (Å²) in [4.78, 5) is 12.8. The fraction of sp³-hybridized carbons (Fsp3) is 0.227. The molecule has 4 nitrogen and oxygen atoms in total. The van der Waals surface area contributed by atoms with Gasteiger partial charge in [0.05, 0.1) is 25.3 Å². The lowest BCUT2D eigenvalue weighted by molar-refractivity contribution is -0.116. The molecule has 0 unspecified atom stereocenters. The molecule has 1 heterocycles. The van der Waals surface area contributed by atoms with Crippen molar-refractivity contribution in [2.24, 2.45) is 0 Å². The third kappa shape index (κ3) is 4.14. The number of ether oxygens (including phenoxy) is 1. The molecule has 0 aliphatic rings. The van der Waals surface area contributed by atoms with Gasteiger partial charge in [-0.1, -0.05) is 35.9 Å². The highest BCUT2D eigenvalue weighted by Crippen LogP contribution is 2.27. The SMILES string of the molecule is COc1ccc(C)cc1NC(=O)C[C@H](c1ccc(C)cc1)n1cccc1. The molecule has 0 radical (unpaired) electrons. The van der Waals surface area contributed by atoms with E-state index in [2.05, 4.69) is 41.1 Å². The molecular formula is C22H24N2O2. The first-order valence-corrected chi connectivity index (χ1v) is 8.70. The molecule has 1 atom stereocenters. The quantitative estimate of drug-likeness (QED) is 0.700. The van der Waals surface area contributed by atoms with Crippen molar-refractivity contribution in [3.8, 4) is 5.75 Å². The van der Waals surface area contributed by atoms with Crippen LogP contribution in [0.1, 0.15) is 29.2 Å². The lowest BCUT2D eigenvalue weighted by Gasteiger charge is -2.20. The van der Waals surface area contributed by atoms with E-state index in [1.54, 1.807) is 7.11 Å². The van der Waals surface area contributed by atoms with E-state index in [0.29, 0.717) is 17.9 Å². The zero-order valence-corrected chi connectivity index (χ0v) is 15.4. The summed E-state index contributed by atoms with van der Waals surface area (Å²) in [6, 6.07) is 18.0. The van der Waals surface area contributed by atoms with Gasteiger partial charge < -0.3 is 14.6 Å². The minimum absolute atomic E-state index is 0.0480. The average molecular weight is 348 g/mol. The predicted octanol–water partition coefficient (Wildman–Crippen LogP) is 4.73. The van der Waals surface area contributed by atoms with Crippen LogP contribution < -0.4 is 10.1 Å². The lowest BCUT2D eigenvalue weighted by atomic mass is 10.0. The third-order valence-corrected chi connectivity index (χ3v) is 4.46. The molecule has 134 valence electrons. The number of carbonyl (C=O) groups excluding carboxylic acids is 1. The summed E-state index contributed by atoms with van der Waals surface area (Å²) in [6.07, 6.45) is 4.32. The molecule has 0 aliphatic heterocycles. The van der Waals surface area contributed by atoms with Crippen LogP contribution in [0.4, 0.5) is 5.69 Å². The topological polar surface area (TPSA) is 43.3 Å². The Morgan fingerprint density at radius 3 is 2.35 bits per heavy atom. The van der Waals surface area contributed by atoms with Gasteiger partial charge in [-0.15, -0.1) is 0 Å². The summed E-state index contributed by atoms with van der Waals surface area (Å²) in [5.74, 6) is 0.616. The Labute approximate surface area is 154 Å². The summed E-state index contributed by atoms with van der Waals surface area (Å²) in [6.45, 7) is 4.05. The molecule has 0 saturated heterocycles. The number of aryl methyl sites for hydroxylation is 2. The van der Waals surface area contributed by atoms with E-state index in [-0.39, 0.29) is 11.9 Å². The van der Waals surface area contributed by atoms with Crippen molar-refractivity contribution in [3.05, 3.63) is 83.7 Å². The highest BCUT2D eigenvalue weighted by atomic mass is 16.5. The number of amides is 1. The fourth-order valence-corrected chi connectivity index (χ4v) is 3.04. The van der Waals surface area contributed by atoms with E-state index in [1.807, 2.05) is 49.6 Å². The number of methoxy groups -OCH3 is 1. The normalized spacial score (nSPS) is 11.8. The van der Waals surface area contributed by atoms with Gasteiger partial charge in [0.25, 0.3) is 0 Å². The summed E-state index contributed by atoms with van der Waals surface area (Å²) in [5, 5.41) is 3.00. The number of hydrogen-bond acceptors (Lipinski definition) is 2. The summed E-state index contributed by atoms with van der Waals surface area (Å²) in [5.41, 5.74) is 4.08. The molecule has 0 spiro atoms. The van der Waals surface area contributed by atoms with Crippen molar-refractivity contribution < 1.29 is 9.53 Å². The van der Waals surface area contributed by atoms with Crippen molar-refractivity contribution in [3.63, 3.8) is 0 Å². The molecule has 0 aliphatic carbocycles. The minimum atomic E-state index is -0.0543. The molecule has 1 N–H and O–H groups in total. The maximum absolute atomic E-state index is 12.8. The number of nitrogens with zero attached hydrogens (tertiary/aromatic N) is 1. The number of rotatable bonds is 6. The fourth-order valence-electron chi connectivity index (χ4n) is 3.04. The maximum Gasteiger partial charge on any atom is 0.226 e. The number of benzene rings is 2. The van der Waals surface area contributed by atoms with Crippen molar-refractivity contribution in [2.75, 3.05) is 12.4 Å². The van der Waals surface area contributed by atoms with Crippen LogP contribution in [0.25, 0.3) is 0 Å². The molecular weight excluding hydrogens is 324 g/mol. The van der Waals surface area contributed by atoms with Crippen LogP contribution in [0.15, 0.2) is 67.0 Å². The minimum Gasteiger partial charge on any atom is -0.495 e. The maximum atomic E-state index is 12.8. The Bertz CT molecular complexity index is 868. The smallest absolute Gasteiger partial charge is 0.226 e. The Hall–Kier alpha value is -3.01. The highest BCUT2D eigenvalue weighted by molar-refractivity contribution is 5.92. The first kappa shape index (κ1) is 17.8. The van der Waals surface area contributed by atoms with Crippen LogP contribution in [-0.4, -0.2) is 17.6 Å². The molecule has 0 saturated carbocycles. The van der Waals surface area contributed by atoms with E-state index < -0.39 is 0 Å². The molecule has 2 aromatic carbocycles. The van der Waals surface area contributed by atoms with Gasteiger partial charge >= 0.3 is 0 Å². The zero-order valence-electron chi connectivity index (χ0n) is 15.4. The Morgan fingerprint density at radius 1 is 1.04 bits per heavy atom. The van der Waals surface area contributed by atoms with Gasteiger partial charge in [-0.25, -0.2) is 0 Å². The van der Waals surface area contributed by atoms with E-state index in [4.69, 9.17) is 4.74 Å². The number of aromatic nitrogens is 1. The molecule has 3 aromatic rings. The van der Waals surface area contributed by atoms with E-state index in [9.17, 15) is 4.79 Å². The standard InChI is InChI=1S/C22H24N2O2/c1-16-6-9-18(10-7-16)20(24-12-4-5-13-24)15-22(25)23-19-14-17(2)8-11-21(19)26-3/h4-14,20H,15H2,1-3H3,(H,23,25)/t20-/m1/s1. The monoisotopic (exact) mass is 348 g/mol. The van der Waals surface area contributed by atoms with E-state index in [1.165, 1.54) is 5.56 Å². The lowest BCUT2D eigenvalue weighted by Crippen LogP contribution is -2.20. The molecule has 4 heteroatoms. The second kappa shape index (κ2) is 7.91. The molecule has 3 rings (SSSR count). The van der Waals surface area contributed by atoms with Crippen LogP contribution in [0, 0.1) is 13.8 Å². The molecule has 1 amide bonds. The first-order chi connectivity index (χ1) is 12.6. The van der Waals surface area contributed by atoms with Crippen LogP contribution in [0.3, 0.4) is 0 Å². The second-order valence-corrected chi connectivity index (χ2v) is 6.51. The number of nitrogens with one attached hydrogen (secondary N) is 1. The number of hydrogen-bond donors (Lipinski definition) is 1. The second-order valence-electron chi connectivity index (χ2n) is 6.51. The van der Waals surface area contributed by atoms with E-state index in [0.717, 1.165) is 11.1 Å². The Kier molecular flexibility index (Phi) is 5.42. The summed E-state index contributed by atoms with van der Waals surface area (Å²) < 4.78 is 7.42. The largest absolute Gasteiger partial charge is 0.495 e. The highest BCUT2D eigenvalue weighted by Gasteiger charge is 2.18. The predicted molar refractivity (Wildman–Crippen MR) is 105 cm³/mol. The molecule has 1 aromatic heterocycles. The number of anilines is 1. The number of carbonyl (C=O) groups is 1. The van der Waals surface area contributed by atoms with Crippen LogP contribution in [0.5, 0.6) is 5.75 Å². The van der Waals surface area contributed by atoms with Gasteiger partial charge in [-0.3, -0.25) is 4.79 Å². The van der Waals surface area contributed by atoms with Gasteiger partial charge in [0, 0.05) is 12.4 Å².